The van der Waals surface area contributed by atoms with Crippen LogP contribution < -0.4 is 0 Å². The predicted octanol–water partition coefficient (Wildman–Crippen LogP) is 3.37. The SMILES string of the molecule is CCC1(C)CCN(C(=O)CCC(F)(F)F)CC1. The summed E-state index contributed by atoms with van der Waals surface area (Å²) in [4.78, 5) is 13.1. The number of amides is 1. The van der Waals surface area contributed by atoms with Crippen LogP contribution in [0.25, 0.3) is 0 Å². The maximum absolute atomic E-state index is 12.0. The maximum Gasteiger partial charge on any atom is 0.389 e. The van der Waals surface area contributed by atoms with Crippen LogP contribution in [-0.2, 0) is 4.79 Å². The molecule has 0 radical (unpaired) electrons. The zero-order valence-corrected chi connectivity index (χ0v) is 10.4. The van der Waals surface area contributed by atoms with Gasteiger partial charge in [-0.15, -0.1) is 0 Å². The highest BCUT2D eigenvalue weighted by atomic mass is 19.4. The number of halogens is 3. The van der Waals surface area contributed by atoms with Crippen molar-refractivity contribution in [2.24, 2.45) is 5.41 Å². The van der Waals surface area contributed by atoms with E-state index in [0.29, 0.717) is 13.1 Å². The first-order valence-corrected chi connectivity index (χ1v) is 6.10. The monoisotopic (exact) mass is 251 g/mol. The van der Waals surface area contributed by atoms with Crippen LogP contribution in [-0.4, -0.2) is 30.1 Å². The minimum absolute atomic E-state index is 0.251. The smallest absolute Gasteiger partial charge is 0.343 e. The van der Waals surface area contributed by atoms with Gasteiger partial charge in [0.15, 0.2) is 0 Å². The average molecular weight is 251 g/mol. The summed E-state index contributed by atoms with van der Waals surface area (Å²) in [5, 5.41) is 0. The number of likely N-dealkylation sites (tertiary alicyclic amines) is 1. The lowest BCUT2D eigenvalue weighted by molar-refractivity contribution is -0.150. The van der Waals surface area contributed by atoms with Crippen LogP contribution in [0.4, 0.5) is 13.2 Å². The summed E-state index contributed by atoms with van der Waals surface area (Å²) in [7, 11) is 0. The molecular formula is C12H20F3NO. The van der Waals surface area contributed by atoms with Gasteiger partial charge in [-0.1, -0.05) is 20.3 Å². The molecule has 1 aliphatic rings. The molecule has 0 aliphatic carbocycles. The van der Waals surface area contributed by atoms with Crippen molar-refractivity contribution < 1.29 is 18.0 Å². The van der Waals surface area contributed by atoms with Gasteiger partial charge in [-0.2, -0.15) is 13.2 Å². The number of piperidine rings is 1. The molecule has 0 bridgehead atoms. The van der Waals surface area contributed by atoms with Crippen LogP contribution in [0.3, 0.4) is 0 Å². The summed E-state index contributed by atoms with van der Waals surface area (Å²) in [6.07, 6.45) is -2.82. The highest BCUT2D eigenvalue weighted by Crippen LogP contribution is 2.34. The number of carbonyl (C=O) groups is 1. The van der Waals surface area contributed by atoms with Gasteiger partial charge in [0.05, 0.1) is 6.42 Å². The number of alkyl halides is 3. The minimum atomic E-state index is -4.23. The number of hydrogen-bond donors (Lipinski definition) is 0. The van der Waals surface area contributed by atoms with Crippen molar-refractivity contribution in [3.05, 3.63) is 0 Å². The van der Waals surface area contributed by atoms with Crippen molar-refractivity contribution in [1.82, 2.24) is 4.90 Å². The lowest BCUT2D eigenvalue weighted by atomic mass is 9.78. The van der Waals surface area contributed by atoms with E-state index in [2.05, 4.69) is 13.8 Å². The Kier molecular flexibility index (Phi) is 4.44. The lowest BCUT2D eigenvalue weighted by Gasteiger charge is -2.39. The van der Waals surface area contributed by atoms with Gasteiger partial charge in [0.1, 0.15) is 0 Å². The van der Waals surface area contributed by atoms with E-state index < -0.39 is 19.0 Å². The molecule has 0 aromatic rings. The van der Waals surface area contributed by atoms with E-state index in [0.717, 1.165) is 19.3 Å². The van der Waals surface area contributed by atoms with E-state index >= 15 is 0 Å². The van der Waals surface area contributed by atoms with Crippen molar-refractivity contribution in [1.29, 1.82) is 0 Å². The molecule has 1 rings (SSSR count). The first-order valence-electron chi connectivity index (χ1n) is 6.10. The molecule has 1 aliphatic heterocycles. The fourth-order valence-corrected chi connectivity index (χ4v) is 2.06. The molecule has 1 fully saturated rings. The maximum atomic E-state index is 12.0. The Morgan fingerprint density at radius 2 is 1.82 bits per heavy atom. The van der Waals surface area contributed by atoms with E-state index in [4.69, 9.17) is 0 Å². The first-order chi connectivity index (χ1) is 7.76. The molecule has 5 heteroatoms. The second-order valence-electron chi connectivity index (χ2n) is 5.16. The molecule has 0 spiro atoms. The molecule has 2 nitrogen and oxygen atoms in total. The van der Waals surface area contributed by atoms with Crippen molar-refractivity contribution in [3.8, 4) is 0 Å². The Labute approximate surface area is 100 Å². The third kappa shape index (κ3) is 4.56. The standard InChI is InChI=1S/C12H20F3NO/c1-3-11(2)6-8-16(9-7-11)10(17)4-5-12(13,14)15/h3-9H2,1-2H3. The van der Waals surface area contributed by atoms with Crippen LogP contribution in [0.2, 0.25) is 0 Å². The van der Waals surface area contributed by atoms with Crippen LogP contribution in [0.1, 0.15) is 46.0 Å². The van der Waals surface area contributed by atoms with Crippen LogP contribution >= 0.6 is 0 Å². The van der Waals surface area contributed by atoms with Gasteiger partial charge in [-0.3, -0.25) is 4.79 Å². The Bertz CT molecular complexity index is 267. The number of carbonyl (C=O) groups excluding carboxylic acids is 1. The normalized spacial score (nSPS) is 20.4. The van der Waals surface area contributed by atoms with Crippen LogP contribution in [0, 0.1) is 5.41 Å². The van der Waals surface area contributed by atoms with Crippen molar-refractivity contribution in [2.45, 2.75) is 52.1 Å². The van der Waals surface area contributed by atoms with Gasteiger partial charge in [0.25, 0.3) is 0 Å². The Morgan fingerprint density at radius 3 is 2.24 bits per heavy atom. The molecule has 100 valence electrons. The quantitative estimate of drug-likeness (QED) is 0.753. The molecule has 0 aromatic heterocycles. The van der Waals surface area contributed by atoms with Crippen molar-refractivity contribution >= 4 is 5.91 Å². The van der Waals surface area contributed by atoms with Crippen molar-refractivity contribution in [3.63, 3.8) is 0 Å². The predicted molar refractivity (Wildman–Crippen MR) is 59.5 cm³/mol. The number of nitrogens with zero attached hydrogens (tertiary/aromatic N) is 1. The molecular weight excluding hydrogens is 231 g/mol. The summed E-state index contributed by atoms with van der Waals surface area (Å²) in [5.41, 5.74) is 0.251. The van der Waals surface area contributed by atoms with E-state index in [9.17, 15) is 18.0 Å². The molecule has 0 atom stereocenters. The fraction of sp³-hybridized carbons (Fsp3) is 0.917. The second kappa shape index (κ2) is 5.27. The number of rotatable bonds is 3. The van der Waals surface area contributed by atoms with E-state index in [1.807, 2.05) is 0 Å². The fourth-order valence-electron chi connectivity index (χ4n) is 2.06. The molecule has 0 aromatic carbocycles. The Hall–Kier alpha value is -0.740. The molecule has 0 saturated carbocycles. The third-order valence-electron chi connectivity index (χ3n) is 3.80. The van der Waals surface area contributed by atoms with E-state index in [1.165, 1.54) is 0 Å². The average Bonchev–Trinajstić information content (AvgIpc) is 2.26. The van der Waals surface area contributed by atoms with Crippen LogP contribution in [0.15, 0.2) is 0 Å². The summed E-state index contributed by atoms with van der Waals surface area (Å²) in [6.45, 7) is 5.48. The third-order valence-corrected chi connectivity index (χ3v) is 3.80. The molecule has 0 N–H and O–H groups in total. The van der Waals surface area contributed by atoms with Gasteiger partial charge >= 0.3 is 6.18 Å². The van der Waals surface area contributed by atoms with Gasteiger partial charge in [0, 0.05) is 19.5 Å². The molecule has 17 heavy (non-hydrogen) atoms. The second-order valence-corrected chi connectivity index (χ2v) is 5.16. The van der Waals surface area contributed by atoms with Gasteiger partial charge in [-0.05, 0) is 18.3 Å². The summed E-state index contributed by atoms with van der Waals surface area (Å²) in [6, 6.07) is 0. The highest BCUT2D eigenvalue weighted by Gasteiger charge is 2.32. The summed E-state index contributed by atoms with van der Waals surface area (Å²) >= 11 is 0. The number of hydrogen-bond acceptors (Lipinski definition) is 1. The lowest BCUT2D eigenvalue weighted by Crippen LogP contribution is -2.42. The topological polar surface area (TPSA) is 20.3 Å². The van der Waals surface area contributed by atoms with Crippen molar-refractivity contribution in [2.75, 3.05) is 13.1 Å². The van der Waals surface area contributed by atoms with Gasteiger partial charge < -0.3 is 4.90 Å². The summed E-state index contributed by atoms with van der Waals surface area (Å²) in [5.74, 6) is -0.361. The minimum Gasteiger partial charge on any atom is -0.343 e. The Morgan fingerprint density at radius 1 is 1.29 bits per heavy atom. The molecule has 1 saturated heterocycles. The zero-order valence-electron chi connectivity index (χ0n) is 10.4. The van der Waals surface area contributed by atoms with Crippen LogP contribution in [0.5, 0.6) is 0 Å². The zero-order chi connectivity index (χ0) is 13.1. The van der Waals surface area contributed by atoms with Gasteiger partial charge in [-0.25, -0.2) is 0 Å². The molecule has 0 unspecified atom stereocenters. The molecule has 1 heterocycles. The largest absolute Gasteiger partial charge is 0.389 e. The first kappa shape index (κ1) is 14.3. The van der Waals surface area contributed by atoms with Gasteiger partial charge in [0.2, 0.25) is 5.91 Å². The highest BCUT2D eigenvalue weighted by molar-refractivity contribution is 5.76. The van der Waals surface area contributed by atoms with E-state index in [-0.39, 0.29) is 11.3 Å². The molecule has 1 amide bonds. The summed E-state index contributed by atoms with van der Waals surface area (Å²) < 4.78 is 36.0. The Balaban J connectivity index is 2.36. The van der Waals surface area contributed by atoms with E-state index in [1.54, 1.807) is 4.90 Å².